The van der Waals surface area contributed by atoms with E-state index in [4.69, 9.17) is 4.74 Å². The van der Waals surface area contributed by atoms with Gasteiger partial charge < -0.3 is 10.1 Å². The number of nitrogens with one attached hydrogen (secondary N) is 1. The molecule has 1 aromatic carbocycles. The Hall–Kier alpha value is -1.02. The third-order valence-electron chi connectivity index (χ3n) is 4.70. The Morgan fingerprint density at radius 2 is 2.15 bits per heavy atom. The Morgan fingerprint density at radius 3 is 2.85 bits per heavy atom. The topological polar surface area (TPSA) is 21.3 Å². The number of rotatable bonds is 5. The van der Waals surface area contributed by atoms with Crippen molar-refractivity contribution in [2.24, 2.45) is 5.92 Å². The Balaban J connectivity index is 2.02. The minimum atomic E-state index is 0.353. The van der Waals surface area contributed by atoms with Gasteiger partial charge in [-0.05, 0) is 44.2 Å². The van der Waals surface area contributed by atoms with E-state index in [-0.39, 0.29) is 0 Å². The average Bonchev–Trinajstić information content (AvgIpc) is 2.47. The number of hydrogen-bond acceptors (Lipinski definition) is 2. The van der Waals surface area contributed by atoms with Gasteiger partial charge in [0.2, 0.25) is 0 Å². The van der Waals surface area contributed by atoms with Gasteiger partial charge >= 0.3 is 0 Å². The first-order chi connectivity index (χ1) is 9.63. The summed E-state index contributed by atoms with van der Waals surface area (Å²) in [7, 11) is 1.76. The van der Waals surface area contributed by atoms with Crippen LogP contribution < -0.4 is 10.1 Å². The molecule has 0 aliphatic heterocycles. The highest BCUT2D eigenvalue weighted by Crippen LogP contribution is 2.30. The quantitative estimate of drug-likeness (QED) is 0.846. The molecule has 2 heteroatoms. The van der Waals surface area contributed by atoms with Crippen LogP contribution in [0.2, 0.25) is 0 Å². The molecule has 0 spiro atoms. The first kappa shape index (κ1) is 15.4. The average molecular weight is 275 g/mol. The second kappa shape index (κ2) is 7.12. The summed E-state index contributed by atoms with van der Waals surface area (Å²) in [6.45, 7) is 6.68. The summed E-state index contributed by atoms with van der Waals surface area (Å²) in [6.07, 6.45) is 6.75. The molecule has 0 amide bonds. The van der Waals surface area contributed by atoms with Gasteiger partial charge in [-0.1, -0.05) is 38.3 Å². The molecule has 3 atom stereocenters. The predicted molar refractivity (Wildman–Crippen MR) is 85.3 cm³/mol. The molecule has 3 unspecified atom stereocenters. The lowest BCUT2D eigenvalue weighted by molar-refractivity contribution is 0.264. The number of aryl methyl sites for hydroxylation is 1. The summed E-state index contributed by atoms with van der Waals surface area (Å²) in [5, 5.41) is 3.81. The van der Waals surface area contributed by atoms with E-state index in [1.807, 2.05) is 0 Å². The molecule has 20 heavy (non-hydrogen) atoms. The molecule has 0 heterocycles. The van der Waals surface area contributed by atoms with E-state index in [2.05, 4.69) is 44.3 Å². The lowest BCUT2D eigenvalue weighted by atomic mass is 9.84. The van der Waals surface area contributed by atoms with Gasteiger partial charge in [0, 0.05) is 17.6 Å². The number of benzene rings is 1. The summed E-state index contributed by atoms with van der Waals surface area (Å²) < 4.78 is 5.54. The molecule has 1 aliphatic rings. The molecular weight excluding hydrogens is 246 g/mol. The summed E-state index contributed by atoms with van der Waals surface area (Å²) in [6, 6.07) is 7.52. The van der Waals surface area contributed by atoms with Gasteiger partial charge in [0.05, 0.1) is 7.11 Å². The molecule has 0 bridgehead atoms. The maximum absolute atomic E-state index is 5.54. The fraction of sp³-hybridized carbons (Fsp3) is 0.667. The monoisotopic (exact) mass is 275 g/mol. The van der Waals surface area contributed by atoms with Gasteiger partial charge in [0.1, 0.15) is 5.75 Å². The Bertz CT molecular complexity index is 429. The van der Waals surface area contributed by atoms with E-state index in [0.717, 1.165) is 11.7 Å². The molecule has 1 fully saturated rings. The fourth-order valence-electron chi connectivity index (χ4n) is 3.43. The standard InChI is InChI=1S/C18H29NO/c1-5-15-7-6-8-16(12-15)19-14(3)17-10-9-13(2)11-18(17)20-4/h9-11,14-16,19H,5-8,12H2,1-4H3. The van der Waals surface area contributed by atoms with Crippen molar-refractivity contribution in [1.29, 1.82) is 0 Å². The van der Waals surface area contributed by atoms with Crippen LogP contribution in [0.25, 0.3) is 0 Å². The first-order valence-corrected chi connectivity index (χ1v) is 8.04. The van der Waals surface area contributed by atoms with E-state index in [9.17, 15) is 0 Å². The minimum Gasteiger partial charge on any atom is -0.496 e. The highest BCUT2D eigenvalue weighted by atomic mass is 16.5. The zero-order chi connectivity index (χ0) is 14.5. The Labute approximate surface area is 123 Å². The molecule has 112 valence electrons. The molecule has 2 rings (SSSR count). The number of hydrogen-bond donors (Lipinski definition) is 1. The molecule has 1 saturated carbocycles. The van der Waals surface area contributed by atoms with Crippen molar-refractivity contribution in [1.82, 2.24) is 5.32 Å². The van der Waals surface area contributed by atoms with Crippen molar-refractivity contribution < 1.29 is 4.74 Å². The molecule has 1 aliphatic carbocycles. The molecule has 0 saturated heterocycles. The maximum atomic E-state index is 5.54. The van der Waals surface area contributed by atoms with E-state index in [1.54, 1.807) is 7.11 Å². The molecule has 1 aromatic rings. The zero-order valence-electron chi connectivity index (χ0n) is 13.4. The van der Waals surface area contributed by atoms with Crippen LogP contribution in [0.15, 0.2) is 18.2 Å². The van der Waals surface area contributed by atoms with Gasteiger partial charge in [-0.25, -0.2) is 0 Å². The van der Waals surface area contributed by atoms with E-state index < -0.39 is 0 Å². The molecule has 1 N–H and O–H groups in total. The molecule has 0 radical (unpaired) electrons. The van der Waals surface area contributed by atoms with Crippen LogP contribution >= 0.6 is 0 Å². The second-order valence-electron chi connectivity index (χ2n) is 6.27. The highest BCUT2D eigenvalue weighted by Gasteiger charge is 2.23. The zero-order valence-corrected chi connectivity index (χ0v) is 13.4. The van der Waals surface area contributed by atoms with E-state index in [0.29, 0.717) is 12.1 Å². The van der Waals surface area contributed by atoms with Crippen LogP contribution in [0.1, 0.15) is 63.1 Å². The van der Waals surface area contributed by atoms with Crippen molar-refractivity contribution in [3.63, 3.8) is 0 Å². The summed E-state index contributed by atoms with van der Waals surface area (Å²) in [5.41, 5.74) is 2.53. The highest BCUT2D eigenvalue weighted by molar-refractivity contribution is 5.39. The second-order valence-corrected chi connectivity index (χ2v) is 6.27. The van der Waals surface area contributed by atoms with E-state index in [1.165, 1.54) is 43.2 Å². The van der Waals surface area contributed by atoms with Gasteiger partial charge in [-0.15, -0.1) is 0 Å². The van der Waals surface area contributed by atoms with Crippen LogP contribution in [0.4, 0.5) is 0 Å². The summed E-state index contributed by atoms with van der Waals surface area (Å²) in [4.78, 5) is 0. The van der Waals surface area contributed by atoms with Crippen LogP contribution in [0, 0.1) is 12.8 Å². The molecule has 0 aromatic heterocycles. The number of ether oxygens (including phenoxy) is 1. The van der Waals surface area contributed by atoms with Crippen molar-refractivity contribution in [3.05, 3.63) is 29.3 Å². The van der Waals surface area contributed by atoms with Crippen LogP contribution in [-0.2, 0) is 0 Å². The number of methoxy groups -OCH3 is 1. The third-order valence-corrected chi connectivity index (χ3v) is 4.70. The Morgan fingerprint density at radius 1 is 1.35 bits per heavy atom. The fourth-order valence-corrected chi connectivity index (χ4v) is 3.43. The van der Waals surface area contributed by atoms with Crippen LogP contribution in [0.5, 0.6) is 5.75 Å². The smallest absolute Gasteiger partial charge is 0.123 e. The van der Waals surface area contributed by atoms with Gasteiger partial charge in [-0.2, -0.15) is 0 Å². The van der Waals surface area contributed by atoms with Gasteiger partial charge in [-0.3, -0.25) is 0 Å². The predicted octanol–water partition coefficient (Wildman–Crippen LogP) is 4.62. The molecule has 2 nitrogen and oxygen atoms in total. The lowest BCUT2D eigenvalue weighted by Crippen LogP contribution is -2.35. The van der Waals surface area contributed by atoms with Gasteiger partial charge in [0.15, 0.2) is 0 Å². The van der Waals surface area contributed by atoms with Crippen molar-refractivity contribution in [2.75, 3.05) is 7.11 Å². The normalized spacial score (nSPS) is 24.4. The van der Waals surface area contributed by atoms with Crippen molar-refractivity contribution in [3.8, 4) is 5.75 Å². The summed E-state index contributed by atoms with van der Waals surface area (Å²) >= 11 is 0. The van der Waals surface area contributed by atoms with Gasteiger partial charge in [0.25, 0.3) is 0 Å². The van der Waals surface area contributed by atoms with Crippen molar-refractivity contribution in [2.45, 2.75) is 65.0 Å². The third kappa shape index (κ3) is 3.76. The van der Waals surface area contributed by atoms with Crippen LogP contribution in [-0.4, -0.2) is 13.2 Å². The van der Waals surface area contributed by atoms with Crippen LogP contribution in [0.3, 0.4) is 0 Å². The lowest BCUT2D eigenvalue weighted by Gasteiger charge is -2.32. The molecular formula is C18H29NO. The minimum absolute atomic E-state index is 0.353. The Kier molecular flexibility index (Phi) is 5.47. The first-order valence-electron chi connectivity index (χ1n) is 8.04. The van der Waals surface area contributed by atoms with E-state index >= 15 is 0 Å². The largest absolute Gasteiger partial charge is 0.496 e. The summed E-state index contributed by atoms with van der Waals surface area (Å²) in [5.74, 6) is 1.92. The SMILES string of the molecule is CCC1CCCC(NC(C)c2ccc(C)cc2OC)C1. The van der Waals surface area contributed by atoms with Crippen molar-refractivity contribution >= 4 is 0 Å². The maximum Gasteiger partial charge on any atom is 0.123 e.